The SMILES string of the molecule is Cc1ncsc1-c1ccc(CNC(=O)[C@@H]2C[C@@H](O)CN2C(=O)[C@@H](NC(=O)C2CCC(N3CC(c4cnc(N5C6CCC5CN(c5cc(-c7ccccc7O)nnc5N)C6)nc4)C3)CC2)C(C)(C)C)cc1. The number of hydrogen-bond donors (Lipinski definition) is 5. The second-order valence-corrected chi connectivity index (χ2v) is 21.9. The monoisotopic (exact) mass is 968 g/mol. The third kappa shape index (κ3) is 9.64. The van der Waals surface area contributed by atoms with Crippen molar-refractivity contribution in [1.29, 1.82) is 0 Å². The Bertz CT molecular complexity index is 2680. The molecule has 0 radical (unpaired) electrons. The van der Waals surface area contributed by atoms with Gasteiger partial charge in [-0.3, -0.25) is 19.3 Å². The van der Waals surface area contributed by atoms with Crippen LogP contribution in [0.1, 0.15) is 88.5 Å². The lowest BCUT2D eigenvalue weighted by Crippen LogP contribution is -2.58. The van der Waals surface area contributed by atoms with E-state index >= 15 is 0 Å². The molecule has 2 aromatic carbocycles. The number of amides is 3. The number of nitrogens with one attached hydrogen (secondary N) is 2. The number of aliphatic hydroxyl groups excluding tert-OH is 1. The van der Waals surface area contributed by atoms with Crippen molar-refractivity contribution in [2.24, 2.45) is 11.3 Å². The average molecular weight is 969 g/mol. The molecule has 2 unspecified atom stereocenters. The average Bonchev–Trinajstić information content (AvgIpc) is 4.03. The number of β-amino-alcohol motifs (C(OH)–C–C–N with tert-alkyl or cyclic N) is 1. The molecule has 2 bridgehead atoms. The van der Waals surface area contributed by atoms with Gasteiger partial charge in [-0.05, 0) is 85.8 Å². The van der Waals surface area contributed by atoms with Gasteiger partial charge >= 0.3 is 0 Å². The third-order valence-electron chi connectivity index (χ3n) is 15.4. The van der Waals surface area contributed by atoms with Crippen LogP contribution in [-0.2, 0) is 20.9 Å². The van der Waals surface area contributed by atoms with Gasteiger partial charge in [0.25, 0.3) is 0 Å². The van der Waals surface area contributed by atoms with Crippen LogP contribution in [0.5, 0.6) is 5.75 Å². The molecule has 17 nitrogen and oxygen atoms in total. The Morgan fingerprint density at radius 3 is 2.20 bits per heavy atom. The van der Waals surface area contributed by atoms with E-state index in [-0.39, 0.29) is 61.0 Å². The lowest BCUT2D eigenvalue weighted by molar-refractivity contribution is -0.144. The van der Waals surface area contributed by atoms with Gasteiger partial charge in [0.05, 0.1) is 33.6 Å². The number of hydrogen-bond acceptors (Lipinski definition) is 15. The molecular weight excluding hydrogens is 905 g/mol. The molecule has 5 atom stereocenters. The molecule has 5 fully saturated rings. The Labute approximate surface area is 412 Å². The van der Waals surface area contributed by atoms with Gasteiger partial charge in [-0.2, -0.15) is 0 Å². The van der Waals surface area contributed by atoms with Gasteiger partial charge in [0, 0.05) is 93.6 Å². The van der Waals surface area contributed by atoms with Crippen LogP contribution in [0.3, 0.4) is 0 Å². The molecule has 0 spiro atoms. The van der Waals surface area contributed by atoms with E-state index in [9.17, 15) is 24.6 Å². The number of aryl methyl sites for hydroxylation is 1. The summed E-state index contributed by atoms with van der Waals surface area (Å²) >= 11 is 1.59. The summed E-state index contributed by atoms with van der Waals surface area (Å²) in [7, 11) is 0. The predicted octanol–water partition coefficient (Wildman–Crippen LogP) is 5.28. The van der Waals surface area contributed by atoms with E-state index in [2.05, 4.69) is 40.5 Å². The van der Waals surface area contributed by atoms with Crippen LogP contribution in [0, 0.1) is 18.3 Å². The van der Waals surface area contributed by atoms with Crippen LogP contribution < -0.4 is 26.2 Å². The van der Waals surface area contributed by atoms with Crippen molar-refractivity contribution in [3.63, 3.8) is 0 Å². The number of phenolic OH excluding ortho intramolecular Hbond substituents is 1. The van der Waals surface area contributed by atoms with Crippen LogP contribution in [0.15, 0.2) is 72.5 Å². The molecule has 18 heteroatoms. The Morgan fingerprint density at radius 1 is 0.857 bits per heavy atom. The molecule has 368 valence electrons. The third-order valence-corrected chi connectivity index (χ3v) is 16.3. The van der Waals surface area contributed by atoms with Crippen molar-refractivity contribution < 1.29 is 24.6 Å². The largest absolute Gasteiger partial charge is 0.507 e. The Balaban J connectivity index is 0.690. The number of phenols is 1. The highest BCUT2D eigenvalue weighted by molar-refractivity contribution is 7.13. The van der Waals surface area contributed by atoms with E-state index < -0.39 is 23.6 Å². The number of aliphatic hydroxyl groups is 1. The van der Waals surface area contributed by atoms with E-state index in [4.69, 9.17) is 15.7 Å². The molecule has 7 heterocycles. The molecule has 3 aromatic heterocycles. The number of thiazole rings is 1. The first-order valence-corrected chi connectivity index (χ1v) is 25.6. The zero-order valence-electron chi connectivity index (χ0n) is 40.4. The molecule has 1 saturated carbocycles. The summed E-state index contributed by atoms with van der Waals surface area (Å²) in [5.74, 6) is 0.617. The van der Waals surface area contributed by atoms with Gasteiger partial charge in [0.15, 0.2) is 5.82 Å². The Hall–Kier alpha value is -6.24. The number of nitrogens with zero attached hydrogens (tertiary/aromatic N) is 9. The van der Waals surface area contributed by atoms with E-state index in [1.165, 1.54) is 4.90 Å². The molecule has 5 aliphatic rings. The number of anilines is 3. The summed E-state index contributed by atoms with van der Waals surface area (Å²) < 4.78 is 0. The fraction of sp³-hybridized carbons (Fsp3) is 0.500. The summed E-state index contributed by atoms with van der Waals surface area (Å²) in [6, 6.07) is 16.1. The summed E-state index contributed by atoms with van der Waals surface area (Å²) in [5, 5.41) is 35.8. The van der Waals surface area contributed by atoms with E-state index in [0.29, 0.717) is 29.0 Å². The first-order valence-electron chi connectivity index (χ1n) is 24.7. The van der Waals surface area contributed by atoms with Gasteiger partial charge in [-0.25, -0.2) is 15.0 Å². The molecular formula is C52H64N12O5S. The van der Waals surface area contributed by atoms with Gasteiger partial charge < -0.3 is 41.3 Å². The fourth-order valence-electron chi connectivity index (χ4n) is 11.3. The lowest BCUT2D eigenvalue weighted by Gasteiger charge is -2.47. The van der Waals surface area contributed by atoms with Crippen molar-refractivity contribution in [3.8, 4) is 27.4 Å². The second kappa shape index (κ2) is 19.5. The summed E-state index contributed by atoms with van der Waals surface area (Å²) in [6.45, 7) is 11.4. The Morgan fingerprint density at radius 2 is 1.54 bits per heavy atom. The maximum absolute atomic E-state index is 14.3. The summed E-state index contributed by atoms with van der Waals surface area (Å²) in [6.07, 6.45) is 8.62. The number of likely N-dealkylation sites (tertiary alicyclic amines) is 2. The minimum absolute atomic E-state index is 0.0336. The number of nitrogen functional groups attached to an aromatic ring is 1. The number of fused-ring (bicyclic) bond motifs is 2. The number of aromatic nitrogens is 5. The maximum atomic E-state index is 14.3. The van der Waals surface area contributed by atoms with Crippen LogP contribution in [-0.4, -0.2) is 132 Å². The number of rotatable bonds is 12. The van der Waals surface area contributed by atoms with Crippen molar-refractivity contribution in [2.75, 3.05) is 48.3 Å². The van der Waals surface area contributed by atoms with Crippen LogP contribution in [0.25, 0.3) is 21.7 Å². The normalized spacial score (nSPS) is 24.3. The Kier molecular flexibility index (Phi) is 13.2. The lowest BCUT2D eigenvalue weighted by atomic mass is 9.80. The smallest absolute Gasteiger partial charge is 0.246 e. The number of piperazine rings is 1. The summed E-state index contributed by atoms with van der Waals surface area (Å²) in [5.41, 5.74) is 13.7. The van der Waals surface area contributed by atoms with Crippen molar-refractivity contribution in [2.45, 2.75) is 121 Å². The maximum Gasteiger partial charge on any atom is 0.246 e. The molecule has 10 rings (SSSR count). The molecule has 4 saturated heterocycles. The van der Waals surface area contributed by atoms with Crippen molar-refractivity contribution in [3.05, 3.63) is 89.3 Å². The van der Waals surface area contributed by atoms with Gasteiger partial charge in [0.2, 0.25) is 23.7 Å². The number of carbonyl (C=O) groups is 3. The predicted molar refractivity (Wildman–Crippen MR) is 269 cm³/mol. The number of benzene rings is 2. The minimum atomic E-state index is -0.861. The van der Waals surface area contributed by atoms with E-state index in [1.807, 2.05) is 88.1 Å². The highest BCUT2D eigenvalue weighted by Gasteiger charge is 2.46. The zero-order valence-corrected chi connectivity index (χ0v) is 41.2. The number of aromatic hydroxyl groups is 1. The van der Waals surface area contributed by atoms with Gasteiger partial charge in [-0.15, -0.1) is 21.5 Å². The molecule has 3 amide bonds. The highest BCUT2D eigenvalue weighted by Crippen LogP contribution is 2.40. The topological polar surface area (TPSA) is 219 Å². The first kappa shape index (κ1) is 47.4. The van der Waals surface area contributed by atoms with Crippen LogP contribution >= 0.6 is 11.3 Å². The number of nitrogens with two attached hydrogens (primary N) is 1. The van der Waals surface area contributed by atoms with Crippen LogP contribution in [0.4, 0.5) is 17.5 Å². The van der Waals surface area contributed by atoms with E-state index in [0.717, 1.165) is 104 Å². The van der Waals surface area contributed by atoms with Crippen molar-refractivity contribution in [1.82, 2.24) is 45.6 Å². The summed E-state index contributed by atoms with van der Waals surface area (Å²) in [4.78, 5) is 65.7. The van der Waals surface area contributed by atoms with E-state index in [1.54, 1.807) is 23.5 Å². The van der Waals surface area contributed by atoms with Gasteiger partial charge in [-0.1, -0.05) is 57.2 Å². The fourth-order valence-corrected chi connectivity index (χ4v) is 12.1. The highest BCUT2D eigenvalue weighted by atomic mass is 32.1. The standard InChI is InChI=1S/C52H64N12O5S/c1-30-45(70-29-57-30)32-11-9-31(10-12-32)21-54-49(68)43-19-39(65)28-63(43)50(69)46(52(2,3)4)58-48(67)33-13-15-36(16-14-33)61-24-35(25-61)34-22-55-51(56-23-34)64-37-17-18-38(64)27-62(26-37)42-20-41(59-60-47(42)53)40-7-5-6-8-44(40)66/h5-12,20,22-23,29,33,35-39,43,46,65-66H,13-19,21,24-28H2,1-4H3,(H2,53,60)(H,54,68)(H,58,67)/t33?,36?,37?,38?,39-,43+,46-/m1/s1. The number of carbonyl (C=O) groups excluding carboxylic acids is 3. The van der Waals surface area contributed by atoms with Crippen LogP contribution in [0.2, 0.25) is 0 Å². The quantitative estimate of drug-likeness (QED) is 0.108. The molecule has 4 aliphatic heterocycles. The molecule has 70 heavy (non-hydrogen) atoms. The van der Waals surface area contributed by atoms with Gasteiger partial charge in [0.1, 0.15) is 17.8 Å². The minimum Gasteiger partial charge on any atom is -0.507 e. The molecule has 1 aliphatic carbocycles. The zero-order chi connectivity index (χ0) is 48.8. The second-order valence-electron chi connectivity index (χ2n) is 21.1. The molecule has 6 N–H and O–H groups in total. The first-order chi connectivity index (χ1) is 33.7. The molecule has 5 aromatic rings. The number of para-hydroxylation sites is 1. The van der Waals surface area contributed by atoms with Crippen molar-refractivity contribution >= 4 is 46.5 Å².